The third-order valence-electron chi connectivity index (χ3n) is 6.22. The van der Waals surface area contributed by atoms with Crippen molar-refractivity contribution in [2.24, 2.45) is 10.1 Å². The van der Waals surface area contributed by atoms with Crippen LogP contribution < -0.4 is 10.1 Å². The van der Waals surface area contributed by atoms with Gasteiger partial charge in [0.15, 0.2) is 5.17 Å². The van der Waals surface area contributed by atoms with Crippen molar-refractivity contribution in [1.29, 1.82) is 0 Å². The van der Waals surface area contributed by atoms with Gasteiger partial charge in [-0.3, -0.25) is 9.59 Å². The molecule has 7 nitrogen and oxygen atoms in total. The molecular weight excluding hydrogens is 484 g/mol. The molecule has 2 aliphatic rings. The van der Waals surface area contributed by atoms with Gasteiger partial charge in [-0.05, 0) is 49.2 Å². The topological polar surface area (TPSA) is 83.4 Å². The van der Waals surface area contributed by atoms with E-state index in [-0.39, 0.29) is 24.3 Å². The molecule has 188 valence electrons. The Kier molecular flexibility index (Phi) is 7.37. The van der Waals surface area contributed by atoms with Gasteiger partial charge >= 0.3 is 0 Å². The minimum Gasteiger partial charge on any atom is -0.494 e. The van der Waals surface area contributed by atoms with Crippen molar-refractivity contribution >= 4 is 40.1 Å². The van der Waals surface area contributed by atoms with Crippen molar-refractivity contribution in [3.05, 3.63) is 95.6 Å². The molecule has 2 atom stereocenters. The average molecular weight is 513 g/mol. The zero-order chi connectivity index (χ0) is 25.8. The fourth-order valence-electron chi connectivity index (χ4n) is 4.33. The third-order valence-corrected chi connectivity index (χ3v) is 7.37. The fraction of sp³-hybridized carbons (Fsp3) is 0.241. The van der Waals surface area contributed by atoms with Crippen molar-refractivity contribution in [2.45, 2.75) is 38.0 Å². The van der Waals surface area contributed by atoms with Gasteiger partial charge in [0.2, 0.25) is 5.91 Å². The molecular formula is C29H28N4O3S. The molecule has 0 fully saturated rings. The van der Waals surface area contributed by atoms with Crippen molar-refractivity contribution < 1.29 is 14.3 Å². The number of amidine groups is 1. The molecule has 8 heteroatoms. The summed E-state index contributed by atoms with van der Waals surface area (Å²) in [5, 5.41) is 9.54. The van der Waals surface area contributed by atoms with Crippen LogP contribution in [0.5, 0.6) is 5.75 Å². The van der Waals surface area contributed by atoms with Gasteiger partial charge in [0.1, 0.15) is 11.0 Å². The lowest BCUT2D eigenvalue weighted by Crippen LogP contribution is -2.25. The van der Waals surface area contributed by atoms with E-state index in [1.165, 1.54) is 17.3 Å². The maximum atomic E-state index is 12.8. The van der Waals surface area contributed by atoms with Gasteiger partial charge in [0.05, 0.1) is 18.4 Å². The summed E-state index contributed by atoms with van der Waals surface area (Å²) in [6.45, 7) is 4.55. The molecule has 5 rings (SSSR count). The number of hydrazone groups is 1. The average Bonchev–Trinajstić information content (AvgIpc) is 3.50. The maximum Gasteiger partial charge on any atom is 0.262 e. The smallest absolute Gasteiger partial charge is 0.262 e. The number of aryl methyl sites for hydroxylation is 1. The van der Waals surface area contributed by atoms with Crippen LogP contribution in [-0.2, 0) is 9.59 Å². The number of carbonyl (C=O) groups is 2. The van der Waals surface area contributed by atoms with Gasteiger partial charge in [0, 0.05) is 18.5 Å². The van der Waals surface area contributed by atoms with Gasteiger partial charge in [-0.1, -0.05) is 71.9 Å². The minimum atomic E-state index is -0.590. The Balaban J connectivity index is 1.30. The Hall–Kier alpha value is -3.91. The van der Waals surface area contributed by atoms with Gasteiger partial charge in [-0.25, -0.2) is 5.01 Å². The van der Waals surface area contributed by atoms with Crippen LogP contribution in [-0.4, -0.2) is 39.6 Å². The Morgan fingerprint density at radius 3 is 2.49 bits per heavy atom. The van der Waals surface area contributed by atoms with E-state index in [0.717, 1.165) is 22.6 Å². The van der Waals surface area contributed by atoms with Crippen LogP contribution in [0.3, 0.4) is 0 Å². The highest BCUT2D eigenvalue weighted by molar-refractivity contribution is 8.15. The van der Waals surface area contributed by atoms with Gasteiger partial charge < -0.3 is 10.1 Å². The second kappa shape index (κ2) is 11.0. The molecule has 0 saturated carbocycles. The van der Waals surface area contributed by atoms with Crippen molar-refractivity contribution in [3.63, 3.8) is 0 Å². The van der Waals surface area contributed by atoms with Gasteiger partial charge in [0.25, 0.3) is 5.91 Å². The first-order chi connectivity index (χ1) is 18.0. The first-order valence-electron chi connectivity index (χ1n) is 12.3. The van der Waals surface area contributed by atoms with Crippen LogP contribution in [0.1, 0.15) is 42.5 Å². The standard InChI is InChI=1S/C29H28N4O3S/c1-3-36-23-15-13-22(14-16-23)30-27(34)18-26-28(35)31-29(37-26)33-25(21-11-9-19(2)10-12-21)17-24(32-33)20-7-5-4-6-8-20/h4-16,25-26H,3,17-18H2,1-2H3,(H,30,34)/t25-,26+/m0/s1. The lowest BCUT2D eigenvalue weighted by Gasteiger charge is -2.23. The molecule has 2 aliphatic heterocycles. The van der Waals surface area contributed by atoms with E-state index in [0.29, 0.717) is 23.9 Å². The minimum absolute atomic E-state index is 0.0298. The molecule has 1 N–H and O–H groups in total. The van der Waals surface area contributed by atoms with E-state index >= 15 is 0 Å². The number of amides is 2. The molecule has 0 aromatic heterocycles. The quantitative estimate of drug-likeness (QED) is 0.447. The summed E-state index contributed by atoms with van der Waals surface area (Å²) in [6, 6.07) is 25.5. The second-order valence-electron chi connectivity index (χ2n) is 8.94. The lowest BCUT2D eigenvalue weighted by atomic mass is 9.98. The number of anilines is 1. The summed E-state index contributed by atoms with van der Waals surface area (Å²) < 4.78 is 5.44. The summed E-state index contributed by atoms with van der Waals surface area (Å²) in [6.07, 6.45) is 0.728. The van der Waals surface area contributed by atoms with E-state index in [9.17, 15) is 9.59 Å². The summed E-state index contributed by atoms with van der Waals surface area (Å²) in [4.78, 5) is 29.8. The maximum absolute atomic E-state index is 12.8. The van der Waals surface area contributed by atoms with E-state index in [1.54, 1.807) is 24.3 Å². The monoisotopic (exact) mass is 512 g/mol. The van der Waals surface area contributed by atoms with Crippen molar-refractivity contribution in [1.82, 2.24) is 5.01 Å². The Bertz CT molecular complexity index is 1340. The molecule has 0 spiro atoms. The number of carbonyl (C=O) groups excluding carboxylic acids is 2. The number of aliphatic imine (C=N–C) groups is 1. The second-order valence-corrected chi connectivity index (χ2v) is 10.1. The predicted octanol–water partition coefficient (Wildman–Crippen LogP) is 5.57. The van der Waals surface area contributed by atoms with E-state index in [2.05, 4.69) is 41.5 Å². The SMILES string of the molecule is CCOc1ccc(NC(=O)C[C@H]2SC(N3N=C(c4ccccc4)C[C@H]3c3ccc(C)cc3)=NC2=O)cc1. The third kappa shape index (κ3) is 5.75. The molecule has 0 saturated heterocycles. The fourth-order valence-corrected chi connectivity index (χ4v) is 5.39. The Morgan fingerprint density at radius 1 is 1.05 bits per heavy atom. The van der Waals surface area contributed by atoms with Gasteiger partial charge in [-0.2, -0.15) is 10.1 Å². The largest absolute Gasteiger partial charge is 0.494 e. The number of benzene rings is 3. The molecule has 2 amide bonds. The number of hydrogen-bond donors (Lipinski definition) is 1. The summed E-state index contributed by atoms with van der Waals surface area (Å²) in [5.41, 5.74) is 4.93. The molecule has 3 aromatic rings. The van der Waals surface area contributed by atoms with Crippen LogP contribution in [0.4, 0.5) is 5.69 Å². The molecule has 3 aromatic carbocycles. The van der Waals surface area contributed by atoms with E-state index in [4.69, 9.17) is 9.84 Å². The predicted molar refractivity (Wildman–Crippen MR) is 148 cm³/mol. The van der Waals surface area contributed by atoms with Crippen LogP contribution >= 0.6 is 11.8 Å². The van der Waals surface area contributed by atoms with Crippen LogP contribution in [0.15, 0.2) is 89.0 Å². The number of hydrogen-bond acceptors (Lipinski definition) is 6. The summed E-state index contributed by atoms with van der Waals surface area (Å²) in [7, 11) is 0. The normalized spacial score (nSPS) is 19.0. The first kappa shape index (κ1) is 24.8. The Labute approximate surface area is 220 Å². The highest BCUT2D eigenvalue weighted by Gasteiger charge is 2.39. The molecule has 0 bridgehead atoms. The van der Waals surface area contributed by atoms with Crippen LogP contribution in [0, 0.1) is 6.92 Å². The summed E-state index contributed by atoms with van der Waals surface area (Å²) in [5.74, 6) is 0.188. The number of nitrogens with zero attached hydrogens (tertiary/aromatic N) is 3. The van der Waals surface area contributed by atoms with Gasteiger partial charge in [-0.15, -0.1) is 0 Å². The van der Waals surface area contributed by atoms with Crippen molar-refractivity contribution in [2.75, 3.05) is 11.9 Å². The number of rotatable bonds is 7. The van der Waals surface area contributed by atoms with E-state index in [1.807, 2.05) is 42.3 Å². The number of nitrogens with one attached hydrogen (secondary N) is 1. The van der Waals surface area contributed by atoms with Crippen LogP contribution in [0.2, 0.25) is 0 Å². The molecule has 0 unspecified atom stereocenters. The highest BCUT2D eigenvalue weighted by atomic mass is 32.2. The molecule has 2 heterocycles. The van der Waals surface area contributed by atoms with Crippen LogP contribution in [0.25, 0.3) is 0 Å². The van der Waals surface area contributed by atoms with E-state index < -0.39 is 5.25 Å². The molecule has 0 radical (unpaired) electrons. The zero-order valence-electron chi connectivity index (χ0n) is 20.8. The lowest BCUT2D eigenvalue weighted by molar-refractivity contribution is -0.121. The number of thioether (sulfide) groups is 1. The highest BCUT2D eigenvalue weighted by Crippen LogP contribution is 2.38. The zero-order valence-corrected chi connectivity index (χ0v) is 21.6. The van der Waals surface area contributed by atoms with Crippen molar-refractivity contribution in [3.8, 4) is 5.75 Å². The Morgan fingerprint density at radius 2 is 1.78 bits per heavy atom. The summed E-state index contributed by atoms with van der Waals surface area (Å²) >= 11 is 1.30. The number of ether oxygens (including phenoxy) is 1. The molecule has 0 aliphatic carbocycles. The molecule has 37 heavy (non-hydrogen) atoms. The first-order valence-corrected chi connectivity index (χ1v) is 13.2.